The highest BCUT2D eigenvalue weighted by molar-refractivity contribution is 7.99. The van der Waals surface area contributed by atoms with Crippen LogP contribution in [0, 0.1) is 19.7 Å². The molecule has 0 saturated carbocycles. The van der Waals surface area contributed by atoms with Crippen molar-refractivity contribution in [1.29, 1.82) is 0 Å². The second kappa shape index (κ2) is 11.4. The predicted octanol–water partition coefficient (Wildman–Crippen LogP) is 4.35. The second-order valence-electron chi connectivity index (χ2n) is 5.33. The van der Waals surface area contributed by atoms with Gasteiger partial charge in [-0.2, -0.15) is 0 Å². The molecule has 0 heterocycles. The summed E-state index contributed by atoms with van der Waals surface area (Å²) >= 11 is 1.67. The van der Waals surface area contributed by atoms with E-state index in [4.69, 9.17) is 5.11 Å². The monoisotopic (exact) mass is 361 g/mol. The molecule has 2 rings (SSSR count). The lowest BCUT2D eigenvalue weighted by Crippen LogP contribution is -2.14. The SMILES string of the molecule is C/C=C/c1cc(C)c(Sc2ccc(F)cc2)cc1C.O=CNCCO. The van der Waals surface area contributed by atoms with Crippen molar-refractivity contribution in [3.05, 3.63) is 65.0 Å². The van der Waals surface area contributed by atoms with Gasteiger partial charge in [0, 0.05) is 16.3 Å². The highest BCUT2D eigenvalue weighted by Crippen LogP contribution is 2.32. The lowest BCUT2D eigenvalue weighted by molar-refractivity contribution is -0.109. The highest BCUT2D eigenvalue weighted by atomic mass is 32.2. The van der Waals surface area contributed by atoms with Gasteiger partial charge in [-0.05, 0) is 67.8 Å². The topological polar surface area (TPSA) is 49.3 Å². The third kappa shape index (κ3) is 7.54. The molecule has 2 aromatic rings. The maximum absolute atomic E-state index is 12.9. The molecule has 0 radical (unpaired) electrons. The van der Waals surface area contributed by atoms with Gasteiger partial charge in [0.1, 0.15) is 5.82 Å². The number of allylic oxidation sites excluding steroid dienone is 1. The zero-order valence-electron chi connectivity index (χ0n) is 14.8. The predicted molar refractivity (Wildman–Crippen MR) is 102 cm³/mol. The van der Waals surface area contributed by atoms with Gasteiger partial charge in [0.05, 0.1) is 6.61 Å². The first-order valence-electron chi connectivity index (χ1n) is 7.97. The highest BCUT2D eigenvalue weighted by Gasteiger charge is 2.05. The Kier molecular flexibility index (Phi) is 9.58. The molecule has 0 saturated heterocycles. The van der Waals surface area contributed by atoms with Crippen LogP contribution in [0.25, 0.3) is 6.08 Å². The van der Waals surface area contributed by atoms with Crippen LogP contribution < -0.4 is 5.32 Å². The molecule has 25 heavy (non-hydrogen) atoms. The van der Waals surface area contributed by atoms with Crippen LogP contribution in [0.1, 0.15) is 23.6 Å². The fourth-order valence-electron chi connectivity index (χ4n) is 2.03. The Morgan fingerprint density at radius 3 is 2.36 bits per heavy atom. The van der Waals surface area contributed by atoms with E-state index in [1.165, 1.54) is 33.7 Å². The van der Waals surface area contributed by atoms with E-state index in [1.807, 2.05) is 19.1 Å². The van der Waals surface area contributed by atoms with E-state index < -0.39 is 0 Å². The summed E-state index contributed by atoms with van der Waals surface area (Å²) in [5.74, 6) is -0.194. The molecule has 0 fully saturated rings. The minimum atomic E-state index is -0.194. The normalized spacial score (nSPS) is 10.3. The summed E-state index contributed by atoms with van der Waals surface area (Å²) < 4.78 is 12.9. The molecule has 0 aliphatic heterocycles. The summed E-state index contributed by atoms with van der Waals surface area (Å²) in [4.78, 5) is 11.6. The number of hydrogen-bond acceptors (Lipinski definition) is 3. The van der Waals surface area contributed by atoms with Crippen LogP contribution in [-0.2, 0) is 4.79 Å². The van der Waals surface area contributed by atoms with Crippen LogP contribution in [0.3, 0.4) is 0 Å². The van der Waals surface area contributed by atoms with Crippen LogP contribution in [0.15, 0.2) is 52.3 Å². The lowest BCUT2D eigenvalue weighted by atomic mass is 10.1. The molecule has 0 aromatic heterocycles. The Balaban J connectivity index is 0.000000450. The number of benzene rings is 2. The third-order valence-corrected chi connectivity index (χ3v) is 4.46. The van der Waals surface area contributed by atoms with Crippen LogP contribution in [-0.4, -0.2) is 24.7 Å². The minimum Gasteiger partial charge on any atom is -0.395 e. The Morgan fingerprint density at radius 1 is 1.16 bits per heavy atom. The maximum Gasteiger partial charge on any atom is 0.207 e. The molecule has 134 valence electrons. The zero-order valence-corrected chi connectivity index (χ0v) is 15.6. The summed E-state index contributed by atoms with van der Waals surface area (Å²) in [6, 6.07) is 11.0. The molecule has 2 N–H and O–H groups in total. The summed E-state index contributed by atoms with van der Waals surface area (Å²) in [5.41, 5.74) is 3.75. The molecule has 0 aliphatic rings. The number of rotatable bonds is 6. The standard InChI is InChI=1S/C17H17FS.C3H7NO2/c1-4-5-14-10-13(3)17(11-12(14)2)19-16-8-6-15(18)7-9-16;5-2-1-4-3-6/h4-11H,1-3H3;3,5H,1-2H2,(H,4,6)/b5-4+;. The number of aliphatic hydroxyl groups excluding tert-OH is 1. The second-order valence-corrected chi connectivity index (χ2v) is 6.44. The molecule has 1 amide bonds. The minimum absolute atomic E-state index is 0.0126. The van der Waals surface area contributed by atoms with Crippen LogP contribution >= 0.6 is 11.8 Å². The average molecular weight is 361 g/mol. The number of hydrogen-bond donors (Lipinski definition) is 2. The quantitative estimate of drug-likeness (QED) is 0.594. The smallest absolute Gasteiger partial charge is 0.207 e. The van der Waals surface area contributed by atoms with Crippen LogP contribution in [0.4, 0.5) is 4.39 Å². The fourth-order valence-corrected chi connectivity index (χ4v) is 3.02. The molecule has 5 heteroatoms. The van der Waals surface area contributed by atoms with Gasteiger partial charge in [0.15, 0.2) is 0 Å². The number of halogens is 1. The van der Waals surface area contributed by atoms with Crippen molar-refractivity contribution < 1.29 is 14.3 Å². The molecule has 0 bridgehead atoms. The first-order valence-corrected chi connectivity index (χ1v) is 8.78. The number of carbonyl (C=O) groups is 1. The number of amides is 1. The first kappa shape index (κ1) is 20.9. The molecule has 2 aromatic carbocycles. The molecule has 0 spiro atoms. The summed E-state index contributed by atoms with van der Waals surface area (Å²) in [6.07, 6.45) is 4.72. The van der Waals surface area contributed by atoms with Gasteiger partial charge in [-0.3, -0.25) is 4.79 Å². The number of aryl methyl sites for hydroxylation is 2. The van der Waals surface area contributed by atoms with Crippen molar-refractivity contribution in [3.63, 3.8) is 0 Å². The molecular formula is C20H24FNO2S. The molecule has 3 nitrogen and oxygen atoms in total. The zero-order chi connectivity index (χ0) is 18.7. The van der Waals surface area contributed by atoms with Crippen molar-refractivity contribution in [2.24, 2.45) is 0 Å². The van der Waals surface area contributed by atoms with Crippen molar-refractivity contribution in [1.82, 2.24) is 5.32 Å². The van der Waals surface area contributed by atoms with E-state index in [1.54, 1.807) is 11.8 Å². The van der Waals surface area contributed by atoms with Crippen molar-refractivity contribution in [2.75, 3.05) is 13.2 Å². The third-order valence-electron chi connectivity index (χ3n) is 3.29. The lowest BCUT2D eigenvalue weighted by Gasteiger charge is -2.10. The van der Waals surface area contributed by atoms with Crippen LogP contribution in [0.2, 0.25) is 0 Å². The largest absolute Gasteiger partial charge is 0.395 e. The van der Waals surface area contributed by atoms with Gasteiger partial charge in [0.25, 0.3) is 0 Å². The Labute approximate surface area is 153 Å². The summed E-state index contributed by atoms with van der Waals surface area (Å²) in [6.45, 7) is 6.61. The van der Waals surface area contributed by atoms with Gasteiger partial charge in [0.2, 0.25) is 6.41 Å². The molecule has 0 unspecified atom stereocenters. The number of carbonyl (C=O) groups excluding carboxylic acids is 1. The Hall–Kier alpha value is -2.11. The van der Waals surface area contributed by atoms with E-state index in [-0.39, 0.29) is 12.4 Å². The van der Waals surface area contributed by atoms with Gasteiger partial charge in [-0.1, -0.05) is 30.0 Å². The van der Waals surface area contributed by atoms with Gasteiger partial charge < -0.3 is 10.4 Å². The summed E-state index contributed by atoms with van der Waals surface area (Å²) in [5, 5.41) is 10.2. The Bertz CT molecular complexity index is 700. The van der Waals surface area contributed by atoms with E-state index in [0.717, 1.165) is 4.90 Å². The van der Waals surface area contributed by atoms with E-state index in [9.17, 15) is 9.18 Å². The van der Waals surface area contributed by atoms with E-state index >= 15 is 0 Å². The van der Waals surface area contributed by atoms with Crippen molar-refractivity contribution in [3.8, 4) is 0 Å². The molecular weight excluding hydrogens is 337 g/mol. The van der Waals surface area contributed by atoms with Crippen molar-refractivity contribution >= 4 is 24.2 Å². The van der Waals surface area contributed by atoms with E-state index in [2.05, 4.69) is 43.4 Å². The van der Waals surface area contributed by atoms with Crippen molar-refractivity contribution in [2.45, 2.75) is 30.6 Å². The molecule has 0 atom stereocenters. The average Bonchev–Trinajstić information content (AvgIpc) is 2.60. The van der Waals surface area contributed by atoms with Gasteiger partial charge in [-0.15, -0.1) is 0 Å². The fraction of sp³-hybridized carbons (Fsp3) is 0.250. The number of aliphatic hydroxyl groups is 1. The first-order chi connectivity index (χ1) is 12.0. The van der Waals surface area contributed by atoms with E-state index in [0.29, 0.717) is 13.0 Å². The Morgan fingerprint density at radius 2 is 1.84 bits per heavy atom. The summed E-state index contributed by atoms with van der Waals surface area (Å²) in [7, 11) is 0. The van der Waals surface area contributed by atoms with Gasteiger partial charge in [-0.25, -0.2) is 4.39 Å². The van der Waals surface area contributed by atoms with Crippen LogP contribution in [0.5, 0.6) is 0 Å². The molecule has 0 aliphatic carbocycles. The van der Waals surface area contributed by atoms with Gasteiger partial charge >= 0.3 is 0 Å². The number of nitrogens with one attached hydrogen (secondary N) is 1. The maximum atomic E-state index is 12.9.